The third kappa shape index (κ3) is 3.72. The molecule has 2 aromatic heterocycles. The van der Waals surface area contributed by atoms with Gasteiger partial charge in [0.2, 0.25) is 0 Å². The van der Waals surface area contributed by atoms with Crippen LogP contribution in [-0.4, -0.2) is 38.1 Å². The molecule has 2 heterocycles. The molecule has 0 spiro atoms. The number of nitrogens with one attached hydrogen (secondary N) is 2. The Bertz CT molecular complexity index is 1110. The van der Waals surface area contributed by atoms with Crippen molar-refractivity contribution in [3.63, 3.8) is 0 Å². The van der Waals surface area contributed by atoms with Gasteiger partial charge in [-0.1, -0.05) is 6.07 Å². The van der Waals surface area contributed by atoms with Crippen LogP contribution < -0.4 is 9.46 Å². The fraction of sp³-hybridized carbons (Fsp3) is 0.222. The summed E-state index contributed by atoms with van der Waals surface area (Å²) in [7, 11) is -2.46. The molecule has 3 rings (SSSR count). The molecule has 0 saturated carbocycles. The number of hydrogen-bond acceptors (Lipinski definition) is 6. The number of anilines is 1. The Hall–Kier alpha value is -3.07. The van der Waals surface area contributed by atoms with Crippen molar-refractivity contribution < 1.29 is 22.7 Å². The maximum atomic E-state index is 12.8. The molecule has 0 bridgehead atoms. The Morgan fingerprint density at radius 1 is 1.30 bits per heavy atom. The summed E-state index contributed by atoms with van der Waals surface area (Å²) in [6.45, 7) is 3.60. The highest BCUT2D eigenvalue weighted by Crippen LogP contribution is 2.31. The molecule has 3 aromatic rings. The van der Waals surface area contributed by atoms with E-state index in [0.717, 1.165) is 0 Å². The summed E-state index contributed by atoms with van der Waals surface area (Å²) in [5.74, 6) is -0.0885. The van der Waals surface area contributed by atoms with Crippen molar-refractivity contribution in [2.45, 2.75) is 18.9 Å². The van der Waals surface area contributed by atoms with Crippen LogP contribution >= 0.6 is 0 Å². The van der Waals surface area contributed by atoms with Gasteiger partial charge in [0.05, 0.1) is 24.9 Å². The first-order valence-corrected chi connectivity index (χ1v) is 9.66. The van der Waals surface area contributed by atoms with E-state index in [4.69, 9.17) is 9.47 Å². The van der Waals surface area contributed by atoms with Crippen molar-refractivity contribution in [2.75, 3.05) is 18.4 Å². The monoisotopic (exact) mass is 389 g/mol. The molecule has 8 nitrogen and oxygen atoms in total. The van der Waals surface area contributed by atoms with Gasteiger partial charge in [-0.3, -0.25) is 4.72 Å². The minimum absolute atomic E-state index is 0.0712. The molecule has 0 aliphatic rings. The summed E-state index contributed by atoms with van der Waals surface area (Å²) in [4.78, 5) is 18.9. The Labute approximate surface area is 156 Å². The van der Waals surface area contributed by atoms with Gasteiger partial charge >= 0.3 is 5.97 Å². The molecule has 0 saturated heterocycles. The van der Waals surface area contributed by atoms with Gasteiger partial charge in [-0.25, -0.2) is 9.78 Å². The van der Waals surface area contributed by atoms with Crippen molar-refractivity contribution >= 4 is 32.6 Å². The number of aromatic amines is 1. The molecule has 0 aliphatic carbocycles. The van der Waals surface area contributed by atoms with E-state index in [0.29, 0.717) is 22.2 Å². The van der Waals surface area contributed by atoms with Crippen LogP contribution in [-0.2, 0) is 14.8 Å². The first-order valence-electron chi connectivity index (χ1n) is 8.18. The second kappa shape index (κ2) is 7.28. The molecular formula is C18H19N3O5S. The van der Waals surface area contributed by atoms with E-state index in [-0.39, 0.29) is 23.0 Å². The zero-order valence-electron chi connectivity index (χ0n) is 15.1. The fourth-order valence-electron chi connectivity index (χ4n) is 2.68. The van der Waals surface area contributed by atoms with Crippen molar-refractivity contribution in [1.29, 1.82) is 0 Å². The van der Waals surface area contributed by atoms with Crippen LogP contribution in [0.3, 0.4) is 0 Å². The van der Waals surface area contributed by atoms with Crippen molar-refractivity contribution in [3.05, 3.63) is 47.8 Å². The van der Waals surface area contributed by atoms with Crippen LogP contribution in [0, 0.1) is 6.92 Å². The minimum atomic E-state index is -3.93. The number of ether oxygens (including phenoxy) is 2. The maximum Gasteiger partial charge on any atom is 0.354 e. The third-order valence-electron chi connectivity index (χ3n) is 3.89. The number of nitrogens with zero attached hydrogens (tertiary/aromatic N) is 1. The van der Waals surface area contributed by atoms with Crippen LogP contribution in [0.4, 0.5) is 5.69 Å². The normalized spacial score (nSPS) is 11.4. The predicted molar refractivity (Wildman–Crippen MR) is 101 cm³/mol. The van der Waals surface area contributed by atoms with Crippen LogP contribution in [0.2, 0.25) is 0 Å². The van der Waals surface area contributed by atoms with Gasteiger partial charge in [0.25, 0.3) is 10.0 Å². The highest BCUT2D eigenvalue weighted by Gasteiger charge is 2.21. The van der Waals surface area contributed by atoms with Crippen LogP contribution in [0.25, 0.3) is 10.9 Å². The summed E-state index contributed by atoms with van der Waals surface area (Å²) in [6, 6.07) is 8.13. The molecule has 0 amide bonds. The standard InChI is InChI=1S/C18H19N3O5S/c1-4-26-18(22)15-9-12-8-13(25-3)10-14(16(12)20-15)21-27(23,24)17-11(2)6-5-7-19-17/h5-10,20-21H,4H2,1-3H3. The van der Waals surface area contributed by atoms with E-state index in [9.17, 15) is 13.2 Å². The Morgan fingerprint density at radius 2 is 2.07 bits per heavy atom. The van der Waals surface area contributed by atoms with E-state index >= 15 is 0 Å². The molecule has 0 radical (unpaired) electrons. The number of carbonyl (C=O) groups excluding carboxylic acids is 1. The number of fused-ring (bicyclic) bond motifs is 1. The number of sulfonamides is 1. The highest BCUT2D eigenvalue weighted by molar-refractivity contribution is 7.92. The molecule has 0 aliphatic heterocycles. The smallest absolute Gasteiger partial charge is 0.354 e. The van der Waals surface area contributed by atoms with Gasteiger partial charge in [0, 0.05) is 17.6 Å². The number of rotatable bonds is 6. The lowest BCUT2D eigenvalue weighted by Gasteiger charge is -2.11. The number of aryl methyl sites for hydroxylation is 1. The van der Waals surface area contributed by atoms with E-state index < -0.39 is 16.0 Å². The molecular weight excluding hydrogens is 370 g/mol. The van der Waals surface area contributed by atoms with Crippen LogP contribution in [0.1, 0.15) is 23.0 Å². The van der Waals surface area contributed by atoms with E-state index in [1.807, 2.05) is 0 Å². The van der Waals surface area contributed by atoms with E-state index in [1.165, 1.54) is 19.4 Å². The summed E-state index contributed by atoms with van der Waals surface area (Å²) >= 11 is 0. The Kier molecular flexibility index (Phi) is 5.04. The van der Waals surface area contributed by atoms with Crippen LogP contribution in [0.15, 0.2) is 41.6 Å². The predicted octanol–water partition coefficient (Wildman–Crippen LogP) is 2.86. The molecule has 9 heteroatoms. The summed E-state index contributed by atoms with van der Waals surface area (Å²) in [6.07, 6.45) is 1.41. The fourth-order valence-corrected chi connectivity index (χ4v) is 3.92. The number of esters is 1. The lowest BCUT2D eigenvalue weighted by atomic mass is 10.2. The quantitative estimate of drug-likeness (QED) is 0.627. The average Bonchev–Trinajstić information content (AvgIpc) is 3.06. The van der Waals surface area contributed by atoms with E-state index in [1.54, 1.807) is 38.1 Å². The second-order valence-electron chi connectivity index (χ2n) is 5.77. The number of hydrogen-bond donors (Lipinski definition) is 2. The largest absolute Gasteiger partial charge is 0.497 e. The zero-order chi connectivity index (χ0) is 19.6. The second-order valence-corrected chi connectivity index (χ2v) is 7.37. The SMILES string of the molecule is CCOC(=O)c1cc2cc(OC)cc(NS(=O)(=O)c3ncccc3C)c2[nH]1. The summed E-state index contributed by atoms with van der Waals surface area (Å²) in [5.41, 5.74) is 1.42. The minimum Gasteiger partial charge on any atom is -0.497 e. The van der Waals surface area contributed by atoms with Gasteiger partial charge < -0.3 is 14.5 Å². The average molecular weight is 389 g/mol. The topological polar surface area (TPSA) is 110 Å². The van der Waals surface area contributed by atoms with Gasteiger partial charge in [0.15, 0.2) is 5.03 Å². The molecule has 1 aromatic carbocycles. The molecule has 0 unspecified atom stereocenters. The summed E-state index contributed by atoms with van der Waals surface area (Å²) in [5, 5.41) is 0.533. The van der Waals surface area contributed by atoms with Crippen molar-refractivity contribution in [2.24, 2.45) is 0 Å². The van der Waals surface area contributed by atoms with E-state index in [2.05, 4.69) is 14.7 Å². The Balaban J connectivity index is 2.10. The number of carbonyl (C=O) groups is 1. The number of benzene rings is 1. The highest BCUT2D eigenvalue weighted by atomic mass is 32.2. The first kappa shape index (κ1) is 18.7. The molecule has 0 fully saturated rings. The molecule has 142 valence electrons. The lowest BCUT2D eigenvalue weighted by Crippen LogP contribution is -2.16. The Morgan fingerprint density at radius 3 is 2.74 bits per heavy atom. The number of aromatic nitrogens is 2. The first-order chi connectivity index (χ1) is 12.9. The molecule has 0 atom stereocenters. The zero-order valence-corrected chi connectivity index (χ0v) is 15.9. The maximum absolute atomic E-state index is 12.8. The van der Waals surface area contributed by atoms with Gasteiger partial charge in [-0.2, -0.15) is 8.42 Å². The lowest BCUT2D eigenvalue weighted by molar-refractivity contribution is 0.0520. The molecule has 2 N–H and O–H groups in total. The van der Waals surface area contributed by atoms with Gasteiger partial charge in [0.1, 0.15) is 11.4 Å². The van der Waals surface area contributed by atoms with Crippen molar-refractivity contribution in [3.8, 4) is 5.75 Å². The number of methoxy groups -OCH3 is 1. The summed E-state index contributed by atoms with van der Waals surface area (Å²) < 4.78 is 38.3. The van der Waals surface area contributed by atoms with Crippen LogP contribution in [0.5, 0.6) is 5.75 Å². The molecule has 27 heavy (non-hydrogen) atoms. The van der Waals surface area contributed by atoms with Crippen molar-refractivity contribution in [1.82, 2.24) is 9.97 Å². The number of pyridine rings is 1. The third-order valence-corrected chi connectivity index (χ3v) is 5.32. The van der Waals surface area contributed by atoms with Gasteiger partial charge in [-0.15, -0.1) is 0 Å². The number of H-pyrrole nitrogens is 1. The van der Waals surface area contributed by atoms with Gasteiger partial charge in [-0.05, 0) is 37.6 Å².